The lowest BCUT2D eigenvalue weighted by molar-refractivity contribution is -0.120. The van der Waals surface area contributed by atoms with Crippen LogP contribution in [0.4, 0.5) is 5.69 Å². The number of fused-ring (bicyclic) bond motifs is 1. The number of sulfonamides is 1. The van der Waals surface area contributed by atoms with Crippen LogP contribution in [0, 0.1) is 0 Å². The van der Waals surface area contributed by atoms with Gasteiger partial charge in [-0.05, 0) is 67.0 Å². The van der Waals surface area contributed by atoms with Crippen molar-refractivity contribution in [3.8, 4) is 0 Å². The Morgan fingerprint density at radius 3 is 2.43 bits per heavy atom. The van der Waals surface area contributed by atoms with Crippen molar-refractivity contribution >= 4 is 21.6 Å². The zero-order valence-corrected chi connectivity index (χ0v) is 17.6. The van der Waals surface area contributed by atoms with Gasteiger partial charge in [0, 0.05) is 0 Å². The van der Waals surface area contributed by atoms with Crippen LogP contribution in [0.25, 0.3) is 0 Å². The monoisotopic (exact) mass is 400 g/mol. The van der Waals surface area contributed by atoms with Gasteiger partial charge in [-0.25, -0.2) is 8.42 Å². The van der Waals surface area contributed by atoms with Crippen LogP contribution in [-0.2, 0) is 34.1 Å². The number of nitrogens with one attached hydrogen (secondary N) is 1. The fourth-order valence-corrected chi connectivity index (χ4v) is 4.52. The summed E-state index contributed by atoms with van der Waals surface area (Å²) in [7, 11) is -3.57. The molecular formula is C22H28N2O3S. The van der Waals surface area contributed by atoms with Crippen molar-refractivity contribution in [1.29, 1.82) is 0 Å². The summed E-state index contributed by atoms with van der Waals surface area (Å²) in [6.07, 6.45) is 5.38. The summed E-state index contributed by atoms with van der Waals surface area (Å²) in [6.45, 7) is 3.73. The number of aryl methyl sites for hydroxylation is 3. The van der Waals surface area contributed by atoms with E-state index in [1.165, 1.54) is 17.5 Å². The van der Waals surface area contributed by atoms with E-state index in [1.807, 2.05) is 32.0 Å². The first-order valence-corrected chi connectivity index (χ1v) is 11.6. The summed E-state index contributed by atoms with van der Waals surface area (Å²) in [5, 5.41) is 2.94. The van der Waals surface area contributed by atoms with E-state index in [1.54, 1.807) is 12.1 Å². The highest BCUT2D eigenvalue weighted by Gasteiger charge is 2.22. The molecule has 1 aliphatic carbocycles. The van der Waals surface area contributed by atoms with E-state index in [9.17, 15) is 13.2 Å². The molecule has 1 atom stereocenters. The molecule has 0 saturated heterocycles. The van der Waals surface area contributed by atoms with Crippen molar-refractivity contribution < 1.29 is 13.2 Å². The Bertz CT molecular complexity index is 952. The van der Waals surface area contributed by atoms with Gasteiger partial charge >= 0.3 is 0 Å². The molecule has 0 aliphatic heterocycles. The number of nitrogens with zero attached hydrogens (tertiary/aromatic N) is 1. The molecule has 6 heteroatoms. The third kappa shape index (κ3) is 4.73. The Morgan fingerprint density at radius 2 is 1.79 bits per heavy atom. The van der Waals surface area contributed by atoms with Gasteiger partial charge in [-0.1, -0.05) is 37.3 Å². The van der Waals surface area contributed by atoms with Crippen molar-refractivity contribution in [2.75, 3.05) is 17.1 Å². The topological polar surface area (TPSA) is 66.5 Å². The second-order valence-electron chi connectivity index (χ2n) is 7.46. The van der Waals surface area contributed by atoms with E-state index < -0.39 is 10.0 Å². The number of anilines is 1. The van der Waals surface area contributed by atoms with Crippen molar-refractivity contribution in [3.63, 3.8) is 0 Å². The Morgan fingerprint density at radius 1 is 1.11 bits per heavy atom. The van der Waals surface area contributed by atoms with Gasteiger partial charge in [-0.15, -0.1) is 0 Å². The number of rotatable bonds is 7. The molecule has 1 aliphatic rings. The Labute approximate surface area is 167 Å². The van der Waals surface area contributed by atoms with Gasteiger partial charge in [-0.3, -0.25) is 9.10 Å². The first-order valence-electron chi connectivity index (χ1n) is 9.75. The smallest absolute Gasteiger partial charge is 0.241 e. The zero-order valence-electron chi connectivity index (χ0n) is 16.7. The molecular weight excluding hydrogens is 372 g/mol. The number of amides is 1. The standard InChI is InChI=1S/C22H28N2O3S/c1-4-17-8-12-21(13-9-17)24(28(3,26)27)15-22(25)23-16(2)19-11-10-18-6-5-7-20(18)14-19/h8-14,16H,4-7,15H2,1-3H3,(H,23,25). The average molecular weight is 401 g/mol. The molecule has 3 rings (SSSR count). The highest BCUT2D eigenvalue weighted by molar-refractivity contribution is 7.92. The van der Waals surface area contributed by atoms with Gasteiger partial charge in [0.15, 0.2) is 0 Å². The highest BCUT2D eigenvalue weighted by atomic mass is 32.2. The second-order valence-corrected chi connectivity index (χ2v) is 9.37. The quantitative estimate of drug-likeness (QED) is 0.775. The summed E-state index contributed by atoms with van der Waals surface area (Å²) in [5.74, 6) is -0.321. The lowest BCUT2D eigenvalue weighted by atomic mass is 10.0. The van der Waals surface area contributed by atoms with E-state index in [0.717, 1.165) is 41.0 Å². The van der Waals surface area contributed by atoms with Crippen LogP contribution in [0.5, 0.6) is 0 Å². The molecule has 150 valence electrons. The minimum atomic E-state index is -3.57. The van der Waals surface area contributed by atoms with Crippen LogP contribution in [-0.4, -0.2) is 27.1 Å². The molecule has 0 radical (unpaired) electrons. The van der Waals surface area contributed by atoms with Crippen molar-refractivity contribution in [2.24, 2.45) is 0 Å². The minimum absolute atomic E-state index is 0.178. The summed E-state index contributed by atoms with van der Waals surface area (Å²) in [5.41, 5.74) is 5.41. The van der Waals surface area contributed by atoms with E-state index in [2.05, 4.69) is 17.4 Å². The molecule has 5 nitrogen and oxygen atoms in total. The molecule has 0 bridgehead atoms. The minimum Gasteiger partial charge on any atom is -0.348 e. The maximum atomic E-state index is 12.6. The van der Waals surface area contributed by atoms with Crippen LogP contribution in [0.2, 0.25) is 0 Å². The summed E-state index contributed by atoms with van der Waals surface area (Å²) in [6, 6.07) is 13.4. The van der Waals surface area contributed by atoms with Gasteiger partial charge in [-0.2, -0.15) is 0 Å². The van der Waals surface area contributed by atoms with Crippen molar-refractivity contribution in [3.05, 3.63) is 64.7 Å². The third-order valence-electron chi connectivity index (χ3n) is 5.32. The maximum Gasteiger partial charge on any atom is 0.241 e. The summed E-state index contributed by atoms with van der Waals surface area (Å²) < 4.78 is 25.7. The lowest BCUT2D eigenvalue weighted by Gasteiger charge is -2.23. The summed E-state index contributed by atoms with van der Waals surface area (Å²) in [4.78, 5) is 12.6. The highest BCUT2D eigenvalue weighted by Crippen LogP contribution is 2.25. The van der Waals surface area contributed by atoms with Crippen LogP contribution in [0.1, 0.15) is 48.6 Å². The van der Waals surface area contributed by atoms with E-state index >= 15 is 0 Å². The Kier molecular flexibility index (Phi) is 6.08. The molecule has 0 spiro atoms. The largest absolute Gasteiger partial charge is 0.348 e. The number of benzene rings is 2. The van der Waals surface area contributed by atoms with Gasteiger partial charge in [0.2, 0.25) is 15.9 Å². The first-order chi connectivity index (χ1) is 13.3. The molecule has 0 saturated carbocycles. The van der Waals surface area contributed by atoms with Crippen molar-refractivity contribution in [1.82, 2.24) is 5.32 Å². The van der Waals surface area contributed by atoms with Gasteiger partial charge in [0.05, 0.1) is 18.0 Å². The number of hydrogen-bond acceptors (Lipinski definition) is 3. The van der Waals surface area contributed by atoms with E-state index in [-0.39, 0.29) is 18.5 Å². The molecule has 28 heavy (non-hydrogen) atoms. The van der Waals surface area contributed by atoms with Gasteiger partial charge in [0.1, 0.15) is 6.54 Å². The van der Waals surface area contributed by atoms with E-state index in [0.29, 0.717) is 5.69 Å². The Balaban J connectivity index is 1.71. The predicted octanol–water partition coefficient (Wildman–Crippen LogP) is 3.38. The fraction of sp³-hybridized carbons (Fsp3) is 0.409. The number of hydrogen-bond donors (Lipinski definition) is 1. The fourth-order valence-electron chi connectivity index (χ4n) is 3.66. The van der Waals surface area contributed by atoms with Gasteiger partial charge in [0.25, 0.3) is 0 Å². The first kappa shape index (κ1) is 20.4. The van der Waals surface area contributed by atoms with Crippen molar-refractivity contribution in [2.45, 2.75) is 45.6 Å². The molecule has 1 amide bonds. The van der Waals surface area contributed by atoms with Crippen LogP contribution < -0.4 is 9.62 Å². The summed E-state index contributed by atoms with van der Waals surface area (Å²) >= 11 is 0. The van der Waals surface area contributed by atoms with Crippen LogP contribution >= 0.6 is 0 Å². The maximum absolute atomic E-state index is 12.6. The normalized spacial score (nSPS) is 14.4. The molecule has 1 unspecified atom stereocenters. The third-order valence-corrected chi connectivity index (χ3v) is 6.46. The molecule has 0 heterocycles. The molecule has 2 aromatic rings. The zero-order chi connectivity index (χ0) is 20.3. The molecule has 2 aromatic carbocycles. The molecule has 1 N–H and O–H groups in total. The van der Waals surface area contributed by atoms with Gasteiger partial charge < -0.3 is 5.32 Å². The molecule has 0 aromatic heterocycles. The Hall–Kier alpha value is -2.34. The van der Waals surface area contributed by atoms with Crippen LogP contribution in [0.3, 0.4) is 0 Å². The van der Waals surface area contributed by atoms with E-state index in [4.69, 9.17) is 0 Å². The lowest BCUT2D eigenvalue weighted by Crippen LogP contribution is -2.41. The van der Waals surface area contributed by atoms with Crippen LogP contribution in [0.15, 0.2) is 42.5 Å². The molecule has 0 fully saturated rings. The second kappa shape index (κ2) is 8.35. The number of carbonyl (C=O) groups is 1. The average Bonchev–Trinajstić information content (AvgIpc) is 3.13. The predicted molar refractivity (Wildman–Crippen MR) is 113 cm³/mol. The number of carbonyl (C=O) groups excluding carboxylic acids is 1. The SMILES string of the molecule is CCc1ccc(N(CC(=O)NC(C)c2ccc3c(c2)CCC3)S(C)(=O)=O)cc1.